The summed E-state index contributed by atoms with van der Waals surface area (Å²) in [5, 5.41) is 0.962. The van der Waals surface area contributed by atoms with Gasteiger partial charge in [0, 0.05) is 23.5 Å². The number of fused-ring (bicyclic) bond motifs is 1. The van der Waals surface area contributed by atoms with Crippen LogP contribution in [0.15, 0.2) is 22.8 Å². The average molecular weight is 407 g/mol. The maximum Gasteiger partial charge on any atom is 0.227 e. The topological polar surface area (TPSA) is 70.8 Å². The molecule has 1 amide bonds. The molecule has 1 aromatic heterocycles. The fourth-order valence-corrected chi connectivity index (χ4v) is 5.56. The smallest absolute Gasteiger partial charge is 0.227 e. The quantitative estimate of drug-likeness (QED) is 0.707. The second kappa shape index (κ2) is 8.25. The summed E-state index contributed by atoms with van der Waals surface area (Å²) in [6.07, 6.45) is 3.24. The number of nitrogens with zero attached hydrogens (tertiary/aromatic N) is 2. The Kier molecular flexibility index (Phi) is 6.15. The molecule has 0 bridgehead atoms. The van der Waals surface area contributed by atoms with Crippen molar-refractivity contribution in [2.75, 3.05) is 38.7 Å². The molecular formula is C21H30N2O4S. The lowest BCUT2D eigenvalue weighted by atomic mass is 10.0. The van der Waals surface area contributed by atoms with Gasteiger partial charge in [0.15, 0.2) is 9.84 Å². The Morgan fingerprint density at radius 3 is 2.54 bits per heavy atom. The summed E-state index contributed by atoms with van der Waals surface area (Å²) >= 11 is 0. The summed E-state index contributed by atoms with van der Waals surface area (Å²) in [5.41, 5.74) is 3.96. The number of hydrogen-bond donors (Lipinski definition) is 0. The molecule has 1 unspecified atom stereocenters. The second-order valence-corrected chi connectivity index (χ2v) is 10.4. The van der Waals surface area contributed by atoms with Gasteiger partial charge in [-0.2, -0.15) is 0 Å². The van der Waals surface area contributed by atoms with E-state index in [1.165, 1.54) is 0 Å². The van der Waals surface area contributed by atoms with Gasteiger partial charge in [-0.25, -0.2) is 8.42 Å². The molecule has 1 aromatic carbocycles. The number of furan rings is 1. The van der Waals surface area contributed by atoms with Crippen LogP contribution in [-0.4, -0.2) is 68.9 Å². The van der Waals surface area contributed by atoms with Crippen LogP contribution in [-0.2, 0) is 21.1 Å². The van der Waals surface area contributed by atoms with Crippen LogP contribution < -0.4 is 0 Å². The fourth-order valence-electron chi connectivity index (χ4n) is 3.83. The number of rotatable bonds is 7. The van der Waals surface area contributed by atoms with Gasteiger partial charge in [0.2, 0.25) is 5.91 Å². The number of hydrogen-bond acceptors (Lipinski definition) is 5. The summed E-state index contributed by atoms with van der Waals surface area (Å²) < 4.78 is 29.6. The Bertz CT molecular complexity index is 962. The van der Waals surface area contributed by atoms with E-state index < -0.39 is 9.84 Å². The highest BCUT2D eigenvalue weighted by atomic mass is 32.2. The first-order valence-electron chi connectivity index (χ1n) is 9.78. The Balaban J connectivity index is 1.79. The van der Waals surface area contributed by atoms with E-state index in [1.807, 2.05) is 34.0 Å². The highest BCUT2D eigenvalue weighted by molar-refractivity contribution is 7.91. The van der Waals surface area contributed by atoms with Crippen LogP contribution in [0.25, 0.3) is 11.0 Å². The van der Waals surface area contributed by atoms with Crippen LogP contribution in [0.1, 0.15) is 29.5 Å². The third kappa shape index (κ3) is 4.75. The Morgan fingerprint density at radius 2 is 1.89 bits per heavy atom. The van der Waals surface area contributed by atoms with Crippen molar-refractivity contribution in [2.24, 2.45) is 0 Å². The molecule has 28 heavy (non-hydrogen) atoms. The van der Waals surface area contributed by atoms with Gasteiger partial charge in [0.25, 0.3) is 0 Å². The van der Waals surface area contributed by atoms with Gasteiger partial charge in [-0.1, -0.05) is 0 Å². The Morgan fingerprint density at radius 1 is 1.18 bits per heavy atom. The van der Waals surface area contributed by atoms with Crippen molar-refractivity contribution < 1.29 is 17.6 Å². The number of benzene rings is 1. The predicted octanol–water partition coefficient (Wildman–Crippen LogP) is 2.56. The maximum absolute atomic E-state index is 13.2. The SMILES string of the molecule is Cc1cc2occ(CC(=O)N(CCCN(C)C)C3CCS(=O)(=O)C3)c2cc1C. The van der Waals surface area contributed by atoms with Gasteiger partial charge in [0.1, 0.15) is 5.58 Å². The van der Waals surface area contributed by atoms with E-state index in [0.29, 0.717) is 13.0 Å². The lowest BCUT2D eigenvalue weighted by Gasteiger charge is -2.29. The third-order valence-electron chi connectivity index (χ3n) is 5.59. The molecule has 2 heterocycles. The normalized spacial score (nSPS) is 18.8. The molecule has 1 aliphatic rings. The molecule has 0 aliphatic carbocycles. The van der Waals surface area contributed by atoms with Crippen molar-refractivity contribution in [3.05, 3.63) is 35.1 Å². The van der Waals surface area contributed by atoms with Crippen LogP contribution in [0.2, 0.25) is 0 Å². The number of amides is 1. The summed E-state index contributed by atoms with van der Waals surface area (Å²) in [5.74, 6) is 0.217. The minimum Gasteiger partial charge on any atom is -0.464 e. The minimum atomic E-state index is -3.05. The Hall–Kier alpha value is -1.86. The molecule has 1 fully saturated rings. The fraction of sp³-hybridized carbons (Fsp3) is 0.571. The lowest BCUT2D eigenvalue weighted by Crippen LogP contribution is -2.43. The summed E-state index contributed by atoms with van der Waals surface area (Å²) in [6.45, 7) is 5.51. The number of carbonyl (C=O) groups is 1. The van der Waals surface area contributed by atoms with Gasteiger partial charge in [-0.15, -0.1) is 0 Å². The van der Waals surface area contributed by atoms with Gasteiger partial charge in [-0.3, -0.25) is 4.79 Å². The Labute approximate surface area is 167 Å². The molecule has 154 valence electrons. The third-order valence-corrected chi connectivity index (χ3v) is 7.34. The van der Waals surface area contributed by atoms with E-state index in [1.54, 1.807) is 11.2 Å². The molecular weight excluding hydrogens is 376 g/mol. The lowest BCUT2D eigenvalue weighted by molar-refractivity contribution is -0.132. The molecule has 6 nitrogen and oxygen atoms in total. The van der Waals surface area contributed by atoms with Gasteiger partial charge in [-0.05, 0) is 70.6 Å². The van der Waals surface area contributed by atoms with E-state index in [0.717, 1.165) is 40.6 Å². The number of carbonyl (C=O) groups excluding carboxylic acids is 1. The van der Waals surface area contributed by atoms with Gasteiger partial charge >= 0.3 is 0 Å². The zero-order valence-electron chi connectivity index (χ0n) is 17.2. The molecule has 0 N–H and O–H groups in total. The van der Waals surface area contributed by atoms with Crippen LogP contribution in [0.5, 0.6) is 0 Å². The maximum atomic E-state index is 13.2. The zero-order valence-corrected chi connectivity index (χ0v) is 18.0. The summed E-state index contributed by atoms with van der Waals surface area (Å²) in [4.78, 5) is 17.0. The minimum absolute atomic E-state index is 0.0261. The number of sulfone groups is 1. The first-order chi connectivity index (χ1) is 13.2. The van der Waals surface area contributed by atoms with Crippen molar-refractivity contribution in [3.63, 3.8) is 0 Å². The standard InChI is InChI=1S/C21H30N2O4S/c1-15-10-19-17(13-27-20(19)11-16(15)2)12-21(24)23(8-5-7-22(3)4)18-6-9-28(25,26)14-18/h10-11,13,18H,5-9,12,14H2,1-4H3. The van der Waals surface area contributed by atoms with E-state index in [2.05, 4.69) is 11.0 Å². The predicted molar refractivity (Wildman–Crippen MR) is 111 cm³/mol. The van der Waals surface area contributed by atoms with Gasteiger partial charge in [0.05, 0.1) is 24.2 Å². The molecule has 7 heteroatoms. The van der Waals surface area contributed by atoms with E-state index in [9.17, 15) is 13.2 Å². The molecule has 0 spiro atoms. The largest absolute Gasteiger partial charge is 0.464 e. The van der Waals surface area contributed by atoms with Crippen molar-refractivity contribution in [2.45, 2.75) is 39.2 Å². The average Bonchev–Trinajstić information content (AvgIpc) is 3.15. The first kappa shape index (κ1) is 20.9. The molecule has 1 atom stereocenters. The molecule has 2 aromatic rings. The van der Waals surface area contributed by atoms with Gasteiger partial charge < -0.3 is 14.2 Å². The van der Waals surface area contributed by atoms with Crippen LogP contribution >= 0.6 is 0 Å². The van der Waals surface area contributed by atoms with Crippen molar-refractivity contribution in [1.29, 1.82) is 0 Å². The highest BCUT2D eigenvalue weighted by Crippen LogP contribution is 2.26. The van der Waals surface area contributed by atoms with Crippen molar-refractivity contribution >= 4 is 26.7 Å². The van der Waals surface area contributed by atoms with Crippen molar-refractivity contribution in [3.8, 4) is 0 Å². The molecule has 1 aliphatic heterocycles. The molecule has 3 rings (SSSR count). The second-order valence-electron chi connectivity index (χ2n) is 8.17. The summed E-state index contributed by atoms with van der Waals surface area (Å²) in [7, 11) is 0.943. The molecule has 0 radical (unpaired) electrons. The highest BCUT2D eigenvalue weighted by Gasteiger charge is 2.34. The molecule has 1 saturated heterocycles. The summed E-state index contributed by atoms with van der Waals surface area (Å²) in [6, 6.07) is 3.84. The van der Waals surface area contributed by atoms with E-state index in [-0.39, 0.29) is 29.9 Å². The molecule has 0 saturated carbocycles. The van der Waals surface area contributed by atoms with Crippen molar-refractivity contribution in [1.82, 2.24) is 9.80 Å². The zero-order chi connectivity index (χ0) is 20.5. The first-order valence-corrected chi connectivity index (χ1v) is 11.6. The van der Waals surface area contributed by atoms with E-state index in [4.69, 9.17) is 4.42 Å². The van der Waals surface area contributed by atoms with Crippen LogP contribution in [0, 0.1) is 13.8 Å². The monoisotopic (exact) mass is 406 g/mol. The van der Waals surface area contributed by atoms with Crippen LogP contribution in [0.3, 0.4) is 0 Å². The van der Waals surface area contributed by atoms with Crippen LogP contribution in [0.4, 0.5) is 0 Å². The number of aryl methyl sites for hydroxylation is 2. The van der Waals surface area contributed by atoms with E-state index >= 15 is 0 Å².